The third-order valence-corrected chi connectivity index (χ3v) is 3.65. The molecule has 0 bridgehead atoms. The lowest BCUT2D eigenvalue weighted by Crippen LogP contribution is -2.38. The molecule has 1 aliphatic rings. The van der Waals surface area contributed by atoms with Gasteiger partial charge in [-0.25, -0.2) is 0 Å². The summed E-state index contributed by atoms with van der Waals surface area (Å²) in [4.78, 5) is 23.2. The van der Waals surface area contributed by atoms with Crippen molar-refractivity contribution in [3.63, 3.8) is 0 Å². The van der Waals surface area contributed by atoms with Crippen LogP contribution in [0.2, 0.25) is 0 Å². The van der Waals surface area contributed by atoms with E-state index in [0.29, 0.717) is 16.7 Å². The first-order valence-electron chi connectivity index (χ1n) is 6.07. The van der Waals surface area contributed by atoms with Crippen LogP contribution >= 0.6 is 0 Å². The lowest BCUT2D eigenvalue weighted by atomic mass is 9.80. The van der Waals surface area contributed by atoms with Gasteiger partial charge >= 0.3 is 0 Å². The fourth-order valence-electron chi connectivity index (χ4n) is 2.11. The Kier molecular flexibility index (Phi) is 3.34. The zero-order valence-corrected chi connectivity index (χ0v) is 10.9. The van der Waals surface area contributed by atoms with Crippen LogP contribution in [0.1, 0.15) is 30.6 Å². The molecule has 0 amide bonds. The van der Waals surface area contributed by atoms with Crippen LogP contribution in [0.25, 0.3) is 0 Å². The summed E-state index contributed by atoms with van der Waals surface area (Å²) >= 11 is 0. The molecular formula is C15H15NO3. The number of nitrogens with zero attached hydrogens (tertiary/aromatic N) is 1. The third kappa shape index (κ3) is 2.34. The summed E-state index contributed by atoms with van der Waals surface area (Å²) in [5.74, 6) is -0.141. The number of ketones is 1. The van der Waals surface area contributed by atoms with E-state index in [1.54, 1.807) is 50.3 Å². The Hall–Kier alpha value is -2.23. The van der Waals surface area contributed by atoms with Crippen LogP contribution in [0, 0.1) is 10.1 Å². The second-order valence-electron chi connectivity index (χ2n) is 4.94. The van der Waals surface area contributed by atoms with Crippen LogP contribution in [0.5, 0.6) is 0 Å². The topological polar surface area (TPSA) is 60.2 Å². The summed E-state index contributed by atoms with van der Waals surface area (Å²) < 4.78 is 0. The van der Waals surface area contributed by atoms with E-state index in [4.69, 9.17) is 0 Å². The minimum absolute atomic E-state index is 0.135. The van der Waals surface area contributed by atoms with E-state index in [1.807, 2.05) is 6.07 Å². The van der Waals surface area contributed by atoms with Crippen molar-refractivity contribution >= 4 is 5.78 Å². The van der Waals surface area contributed by atoms with Crippen molar-refractivity contribution in [2.24, 2.45) is 0 Å². The van der Waals surface area contributed by atoms with Crippen molar-refractivity contribution in [1.82, 2.24) is 0 Å². The summed E-state index contributed by atoms with van der Waals surface area (Å²) in [7, 11) is 0. The number of Topliss-reactive ketones (excluding diaryl/α,β-unsaturated/α-hetero) is 1. The Labute approximate surface area is 111 Å². The number of allylic oxidation sites excluding steroid dienone is 2. The number of nitro groups is 1. The molecule has 1 aliphatic carbocycles. The first-order valence-corrected chi connectivity index (χ1v) is 6.07. The van der Waals surface area contributed by atoms with E-state index in [9.17, 15) is 14.9 Å². The molecule has 1 atom stereocenters. The van der Waals surface area contributed by atoms with Crippen LogP contribution in [0.3, 0.4) is 0 Å². The van der Waals surface area contributed by atoms with Crippen LogP contribution < -0.4 is 0 Å². The van der Waals surface area contributed by atoms with Crippen molar-refractivity contribution in [2.45, 2.75) is 25.8 Å². The number of rotatable bonds is 3. The molecule has 0 heterocycles. The van der Waals surface area contributed by atoms with Gasteiger partial charge in [-0.05, 0) is 6.92 Å². The van der Waals surface area contributed by atoms with Gasteiger partial charge in [0.2, 0.25) is 5.54 Å². The lowest BCUT2D eigenvalue weighted by Gasteiger charge is -2.25. The minimum Gasteiger partial charge on any atom is -0.289 e. The summed E-state index contributed by atoms with van der Waals surface area (Å²) in [5, 5.41) is 11.2. The van der Waals surface area contributed by atoms with Crippen LogP contribution in [-0.4, -0.2) is 16.2 Å². The normalized spacial score (nSPS) is 22.4. The monoisotopic (exact) mass is 257 g/mol. The second kappa shape index (κ2) is 4.80. The van der Waals surface area contributed by atoms with Gasteiger partial charge in [0.15, 0.2) is 5.78 Å². The standard InChI is InChI=1S/C15H15NO3/c1-11-8-9-13(10-15(11,2)16(18)19)14(17)12-6-4-3-5-7-12/h3-9H,10H2,1-2H3. The smallest absolute Gasteiger partial charge is 0.244 e. The van der Waals surface area contributed by atoms with Crippen molar-refractivity contribution in [2.75, 3.05) is 0 Å². The summed E-state index contributed by atoms with van der Waals surface area (Å²) in [5.41, 5.74) is 0.527. The zero-order valence-electron chi connectivity index (χ0n) is 10.9. The number of carbonyl (C=O) groups is 1. The van der Waals surface area contributed by atoms with E-state index in [-0.39, 0.29) is 17.1 Å². The molecule has 1 aromatic carbocycles. The van der Waals surface area contributed by atoms with Crippen LogP contribution in [0.15, 0.2) is 53.6 Å². The predicted octanol–water partition coefficient (Wildman–Crippen LogP) is 3.18. The maximum Gasteiger partial charge on any atom is 0.244 e. The molecule has 0 spiro atoms. The Morgan fingerprint density at radius 2 is 1.89 bits per heavy atom. The van der Waals surface area contributed by atoms with Gasteiger partial charge in [0, 0.05) is 28.6 Å². The summed E-state index contributed by atoms with van der Waals surface area (Å²) in [6.07, 6.45) is 3.49. The van der Waals surface area contributed by atoms with Gasteiger partial charge in [-0.1, -0.05) is 42.5 Å². The van der Waals surface area contributed by atoms with Crippen molar-refractivity contribution in [1.29, 1.82) is 0 Å². The highest BCUT2D eigenvalue weighted by Gasteiger charge is 2.42. The fourth-order valence-corrected chi connectivity index (χ4v) is 2.11. The molecule has 0 aromatic heterocycles. The average Bonchev–Trinajstić information content (AvgIpc) is 2.42. The molecule has 4 nitrogen and oxygen atoms in total. The fraction of sp³-hybridized carbons (Fsp3) is 0.267. The first-order chi connectivity index (χ1) is 8.95. The van der Waals surface area contributed by atoms with E-state index in [2.05, 4.69) is 0 Å². The second-order valence-corrected chi connectivity index (χ2v) is 4.94. The molecule has 0 radical (unpaired) electrons. The van der Waals surface area contributed by atoms with Crippen LogP contribution in [0.4, 0.5) is 0 Å². The van der Waals surface area contributed by atoms with Crippen molar-refractivity contribution < 1.29 is 9.72 Å². The number of benzene rings is 1. The van der Waals surface area contributed by atoms with Gasteiger partial charge in [-0.2, -0.15) is 0 Å². The largest absolute Gasteiger partial charge is 0.289 e. The molecule has 0 saturated heterocycles. The molecule has 1 unspecified atom stereocenters. The third-order valence-electron chi connectivity index (χ3n) is 3.65. The Balaban J connectivity index is 2.34. The highest BCUT2D eigenvalue weighted by atomic mass is 16.6. The van der Waals surface area contributed by atoms with Crippen molar-refractivity contribution in [3.8, 4) is 0 Å². The quantitative estimate of drug-likeness (QED) is 0.474. The molecule has 98 valence electrons. The predicted molar refractivity (Wildman–Crippen MR) is 72.6 cm³/mol. The summed E-state index contributed by atoms with van der Waals surface area (Å²) in [6.45, 7) is 3.28. The molecule has 0 aliphatic heterocycles. The highest BCUT2D eigenvalue weighted by molar-refractivity contribution is 6.09. The maximum atomic E-state index is 12.3. The number of hydrogen-bond acceptors (Lipinski definition) is 3. The van der Waals surface area contributed by atoms with Gasteiger partial charge in [0.1, 0.15) is 0 Å². The van der Waals surface area contributed by atoms with E-state index in [1.165, 1.54) is 0 Å². The molecule has 4 heteroatoms. The van der Waals surface area contributed by atoms with Gasteiger partial charge in [-0.3, -0.25) is 14.9 Å². The van der Waals surface area contributed by atoms with E-state index < -0.39 is 5.54 Å². The van der Waals surface area contributed by atoms with Crippen LogP contribution in [-0.2, 0) is 0 Å². The van der Waals surface area contributed by atoms with Gasteiger partial charge in [0.25, 0.3) is 0 Å². The lowest BCUT2D eigenvalue weighted by molar-refractivity contribution is -0.553. The molecule has 0 fully saturated rings. The van der Waals surface area contributed by atoms with Gasteiger partial charge in [-0.15, -0.1) is 0 Å². The molecule has 2 rings (SSSR count). The number of hydrogen-bond donors (Lipinski definition) is 0. The molecule has 0 saturated carbocycles. The van der Waals surface area contributed by atoms with Gasteiger partial charge < -0.3 is 0 Å². The van der Waals surface area contributed by atoms with E-state index in [0.717, 1.165) is 0 Å². The first kappa shape index (κ1) is 13.2. The minimum atomic E-state index is -1.19. The summed E-state index contributed by atoms with van der Waals surface area (Å²) in [6, 6.07) is 8.84. The molecular weight excluding hydrogens is 242 g/mol. The Morgan fingerprint density at radius 1 is 1.26 bits per heavy atom. The Bertz CT molecular complexity index is 587. The SMILES string of the molecule is CC1=CC=C(C(=O)c2ccccc2)CC1(C)[N+](=O)[O-]. The molecule has 0 N–H and O–H groups in total. The molecule has 19 heavy (non-hydrogen) atoms. The Morgan fingerprint density at radius 3 is 2.47 bits per heavy atom. The van der Waals surface area contributed by atoms with Crippen molar-refractivity contribution in [3.05, 3.63) is 69.3 Å². The average molecular weight is 257 g/mol. The highest BCUT2D eigenvalue weighted by Crippen LogP contribution is 2.33. The van der Waals surface area contributed by atoms with E-state index >= 15 is 0 Å². The molecule has 1 aromatic rings. The number of carbonyl (C=O) groups excluding carboxylic acids is 1. The zero-order chi connectivity index (χ0) is 14.0. The maximum absolute atomic E-state index is 12.3. The van der Waals surface area contributed by atoms with Gasteiger partial charge in [0.05, 0.1) is 6.42 Å².